The van der Waals surface area contributed by atoms with Crippen molar-refractivity contribution in [2.45, 2.75) is 31.0 Å². The summed E-state index contributed by atoms with van der Waals surface area (Å²) >= 11 is 1.67. The maximum absolute atomic E-state index is 13.3. The highest BCUT2D eigenvalue weighted by Gasteiger charge is 2.37. The summed E-state index contributed by atoms with van der Waals surface area (Å²) < 4.78 is 33.6. The Hall–Kier alpha value is -1.50. The molecule has 1 aliphatic heterocycles. The molecule has 0 saturated carbocycles. The van der Waals surface area contributed by atoms with Gasteiger partial charge in [-0.05, 0) is 49.6 Å². The molecule has 0 spiro atoms. The second-order valence-corrected chi connectivity index (χ2v) is 9.38. The van der Waals surface area contributed by atoms with Crippen molar-refractivity contribution in [1.29, 1.82) is 0 Å². The van der Waals surface area contributed by atoms with E-state index in [1.54, 1.807) is 35.3 Å². The standard InChI is InChI=1S/C19H23NO3S2/c1-13-5-7-16(8-6-13)19-20(9-10-24-19)25(21,22)18-12-14(2)17(23-4)11-15(18)3/h5-8,11-12,19H,9-10H2,1-4H3. The molecule has 0 aliphatic carbocycles. The van der Waals surface area contributed by atoms with Crippen molar-refractivity contribution in [3.63, 3.8) is 0 Å². The zero-order chi connectivity index (χ0) is 18.2. The number of aryl methyl sites for hydroxylation is 3. The van der Waals surface area contributed by atoms with E-state index < -0.39 is 10.0 Å². The van der Waals surface area contributed by atoms with E-state index in [9.17, 15) is 8.42 Å². The van der Waals surface area contributed by atoms with Crippen molar-refractivity contribution in [2.24, 2.45) is 0 Å². The number of hydrogen-bond donors (Lipinski definition) is 0. The molecule has 0 aromatic heterocycles. The van der Waals surface area contributed by atoms with Crippen LogP contribution in [0.2, 0.25) is 0 Å². The zero-order valence-electron chi connectivity index (χ0n) is 14.9. The Morgan fingerprint density at radius 2 is 1.76 bits per heavy atom. The first-order valence-corrected chi connectivity index (χ1v) is 10.7. The van der Waals surface area contributed by atoms with Crippen LogP contribution in [0.5, 0.6) is 5.75 Å². The Balaban J connectivity index is 2.01. The van der Waals surface area contributed by atoms with Gasteiger partial charge in [0.15, 0.2) is 0 Å². The normalized spacial score (nSPS) is 18.5. The van der Waals surface area contributed by atoms with Gasteiger partial charge < -0.3 is 4.74 Å². The third kappa shape index (κ3) is 3.43. The maximum atomic E-state index is 13.3. The van der Waals surface area contributed by atoms with E-state index >= 15 is 0 Å². The van der Waals surface area contributed by atoms with Crippen LogP contribution in [-0.2, 0) is 10.0 Å². The molecular formula is C19H23NO3S2. The number of hydrogen-bond acceptors (Lipinski definition) is 4. The average Bonchev–Trinajstić information content (AvgIpc) is 3.07. The molecular weight excluding hydrogens is 354 g/mol. The van der Waals surface area contributed by atoms with Crippen molar-refractivity contribution in [2.75, 3.05) is 19.4 Å². The lowest BCUT2D eigenvalue weighted by Gasteiger charge is -2.25. The molecule has 25 heavy (non-hydrogen) atoms. The predicted molar refractivity (Wildman–Crippen MR) is 103 cm³/mol. The maximum Gasteiger partial charge on any atom is 0.244 e. The van der Waals surface area contributed by atoms with Gasteiger partial charge in [0.2, 0.25) is 10.0 Å². The Labute approximate surface area is 154 Å². The summed E-state index contributed by atoms with van der Waals surface area (Å²) in [5.74, 6) is 1.51. The fourth-order valence-electron chi connectivity index (χ4n) is 3.08. The van der Waals surface area contributed by atoms with E-state index in [1.807, 2.05) is 45.0 Å². The van der Waals surface area contributed by atoms with Crippen LogP contribution >= 0.6 is 11.8 Å². The summed E-state index contributed by atoms with van der Waals surface area (Å²) in [6, 6.07) is 11.6. The van der Waals surface area contributed by atoms with Gasteiger partial charge in [0.25, 0.3) is 0 Å². The van der Waals surface area contributed by atoms with Crippen LogP contribution < -0.4 is 4.74 Å². The summed E-state index contributed by atoms with van der Waals surface area (Å²) in [5.41, 5.74) is 3.73. The van der Waals surface area contributed by atoms with Crippen molar-refractivity contribution in [3.05, 3.63) is 58.7 Å². The van der Waals surface area contributed by atoms with E-state index in [2.05, 4.69) is 0 Å². The van der Waals surface area contributed by atoms with Crippen LogP contribution in [0.3, 0.4) is 0 Å². The van der Waals surface area contributed by atoms with E-state index in [0.29, 0.717) is 22.8 Å². The highest BCUT2D eigenvalue weighted by Crippen LogP contribution is 2.42. The van der Waals surface area contributed by atoms with Gasteiger partial charge in [-0.3, -0.25) is 0 Å². The summed E-state index contributed by atoms with van der Waals surface area (Å²) in [5, 5.41) is -0.174. The van der Waals surface area contributed by atoms with E-state index in [0.717, 1.165) is 16.9 Å². The molecule has 6 heteroatoms. The van der Waals surface area contributed by atoms with Crippen molar-refractivity contribution in [3.8, 4) is 5.75 Å². The number of methoxy groups -OCH3 is 1. The molecule has 1 atom stereocenters. The highest BCUT2D eigenvalue weighted by atomic mass is 32.2. The number of rotatable bonds is 4. The minimum absolute atomic E-state index is 0.174. The number of sulfonamides is 1. The van der Waals surface area contributed by atoms with Gasteiger partial charge in [-0.2, -0.15) is 4.31 Å². The molecule has 2 aromatic rings. The van der Waals surface area contributed by atoms with Gasteiger partial charge in [0, 0.05) is 12.3 Å². The van der Waals surface area contributed by atoms with Crippen LogP contribution in [-0.4, -0.2) is 32.1 Å². The molecule has 0 amide bonds. The van der Waals surface area contributed by atoms with Gasteiger partial charge in [-0.15, -0.1) is 11.8 Å². The van der Waals surface area contributed by atoms with Gasteiger partial charge in [-0.1, -0.05) is 29.8 Å². The quantitative estimate of drug-likeness (QED) is 0.806. The first-order chi connectivity index (χ1) is 11.8. The lowest BCUT2D eigenvalue weighted by Crippen LogP contribution is -2.31. The van der Waals surface area contributed by atoms with Crippen LogP contribution in [0.25, 0.3) is 0 Å². The van der Waals surface area contributed by atoms with Gasteiger partial charge in [-0.25, -0.2) is 8.42 Å². The molecule has 0 radical (unpaired) electrons. The molecule has 1 saturated heterocycles. The zero-order valence-corrected chi connectivity index (χ0v) is 16.6. The molecule has 4 nitrogen and oxygen atoms in total. The van der Waals surface area contributed by atoms with Crippen LogP contribution in [0.4, 0.5) is 0 Å². The van der Waals surface area contributed by atoms with Crippen LogP contribution in [0.15, 0.2) is 41.3 Å². The van der Waals surface area contributed by atoms with Gasteiger partial charge in [0.1, 0.15) is 5.75 Å². The number of ether oxygens (including phenoxy) is 1. The Kier molecular flexibility index (Phi) is 5.14. The molecule has 2 aromatic carbocycles. The van der Waals surface area contributed by atoms with E-state index in [-0.39, 0.29) is 5.37 Å². The van der Waals surface area contributed by atoms with Gasteiger partial charge in [0.05, 0.1) is 17.4 Å². The molecule has 1 heterocycles. The first-order valence-electron chi connectivity index (χ1n) is 8.20. The smallest absolute Gasteiger partial charge is 0.244 e. The Bertz CT molecular complexity index is 876. The van der Waals surface area contributed by atoms with E-state index in [1.165, 1.54) is 5.56 Å². The topological polar surface area (TPSA) is 46.6 Å². The molecule has 1 aliphatic rings. The van der Waals surface area contributed by atoms with Crippen molar-refractivity contribution >= 4 is 21.8 Å². The SMILES string of the molecule is COc1cc(C)c(S(=O)(=O)N2CCSC2c2ccc(C)cc2)cc1C. The number of nitrogens with zero attached hydrogens (tertiary/aromatic N) is 1. The minimum atomic E-state index is -3.57. The summed E-state index contributed by atoms with van der Waals surface area (Å²) in [6.45, 7) is 6.24. The Morgan fingerprint density at radius 3 is 2.40 bits per heavy atom. The number of benzene rings is 2. The van der Waals surface area contributed by atoms with Crippen LogP contribution in [0.1, 0.15) is 27.6 Å². The fraction of sp³-hybridized carbons (Fsp3) is 0.368. The summed E-state index contributed by atoms with van der Waals surface area (Å²) in [6.07, 6.45) is 0. The third-order valence-electron chi connectivity index (χ3n) is 4.49. The summed E-state index contributed by atoms with van der Waals surface area (Å²) in [7, 11) is -1.97. The second kappa shape index (κ2) is 7.02. The largest absolute Gasteiger partial charge is 0.496 e. The predicted octanol–water partition coefficient (Wildman–Crippen LogP) is 4.06. The molecule has 0 bridgehead atoms. The molecule has 0 N–H and O–H groups in total. The monoisotopic (exact) mass is 377 g/mol. The van der Waals surface area contributed by atoms with E-state index in [4.69, 9.17) is 4.74 Å². The fourth-order valence-corrected chi connectivity index (χ4v) is 6.62. The van der Waals surface area contributed by atoms with Gasteiger partial charge >= 0.3 is 0 Å². The molecule has 1 fully saturated rings. The minimum Gasteiger partial charge on any atom is -0.496 e. The van der Waals surface area contributed by atoms with Crippen molar-refractivity contribution in [1.82, 2.24) is 4.31 Å². The molecule has 1 unspecified atom stereocenters. The lowest BCUT2D eigenvalue weighted by atomic mass is 10.1. The lowest BCUT2D eigenvalue weighted by molar-refractivity contribution is 0.410. The highest BCUT2D eigenvalue weighted by molar-refractivity contribution is 8.01. The Morgan fingerprint density at radius 1 is 1.08 bits per heavy atom. The third-order valence-corrected chi connectivity index (χ3v) is 7.89. The number of thioether (sulfide) groups is 1. The van der Waals surface area contributed by atoms with Crippen LogP contribution in [0, 0.1) is 20.8 Å². The summed E-state index contributed by atoms with van der Waals surface area (Å²) in [4.78, 5) is 0.366. The van der Waals surface area contributed by atoms with Crippen molar-refractivity contribution < 1.29 is 13.2 Å². The molecule has 3 rings (SSSR count). The second-order valence-electron chi connectivity index (χ2n) is 6.34. The average molecular weight is 378 g/mol. The first kappa shape index (κ1) is 18.3. The molecule has 134 valence electrons.